The maximum atomic E-state index is 5.42. The standard InChI is InChI=1S/C16H19NO4/c1-18-12-7-5-11(6-8-12)17-14-9-13(19-2)10-15(20-3)16(14)21-4/h5-10,17H,1-4H3. The highest BCUT2D eigenvalue weighted by atomic mass is 16.5. The van der Waals surface area contributed by atoms with Crippen LogP contribution in [0.3, 0.4) is 0 Å². The van der Waals surface area contributed by atoms with Gasteiger partial charge in [0.2, 0.25) is 0 Å². The first kappa shape index (κ1) is 14.8. The van der Waals surface area contributed by atoms with Gasteiger partial charge in [0.1, 0.15) is 11.5 Å². The summed E-state index contributed by atoms with van der Waals surface area (Å²) < 4.78 is 21.2. The van der Waals surface area contributed by atoms with Gasteiger partial charge in [-0.3, -0.25) is 0 Å². The SMILES string of the molecule is COc1ccc(Nc2cc(OC)cc(OC)c2OC)cc1. The second kappa shape index (κ2) is 6.74. The average Bonchev–Trinajstić information content (AvgIpc) is 2.54. The van der Waals surface area contributed by atoms with E-state index in [1.54, 1.807) is 34.5 Å². The third-order valence-electron chi connectivity index (χ3n) is 3.06. The van der Waals surface area contributed by atoms with Crippen molar-refractivity contribution in [1.29, 1.82) is 0 Å². The number of rotatable bonds is 6. The summed E-state index contributed by atoms with van der Waals surface area (Å²) in [6.45, 7) is 0. The minimum atomic E-state index is 0.605. The molecule has 0 heterocycles. The molecule has 0 fully saturated rings. The van der Waals surface area contributed by atoms with Crippen LogP contribution in [0.1, 0.15) is 0 Å². The van der Waals surface area contributed by atoms with E-state index in [9.17, 15) is 0 Å². The van der Waals surface area contributed by atoms with Crippen molar-refractivity contribution in [1.82, 2.24) is 0 Å². The van der Waals surface area contributed by atoms with Crippen LogP contribution in [0.15, 0.2) is 36.4 Å². The van der Waals surface area contributed by atoms with E-state index < -0.39 is 0 Å². The molecular weight excluding hydrogens is 270 g/mol. The first-order valence-electron chi connectivity index (χ1n) is 6.43. The van der Waals surface area contributed by atoms with Crippen molar-refractivity contribution in [3.63, 3.8) is 0 Å². The van der Waals surface area contributed by atoms with Crippen LogP contribution in [0.25, 0.3) is 0 Å². The molecule has 0 bridgehead atoms. The van der Waals surface area contributed by atoms with Gasteiger partial charge in [-0.1, -0.05) is 0 Å². The fraction of sp³-hybridized carbons (Fsp3) is 0.250. The second-order valence-electron chi connectivity index (χ2n) is 4.26. The molecule has 1 N–H and O–H groups in total. The third kappa shape index (κ3) is 3.31. The van der Waals surface area contributed by atoms with E-state index in [0.717, 1.165) is 17.1 Å². The lowest BCUT2D eigenvalue weighted by atomic mass is 10.2. The zero-order chi connectivity index (χ0) is 15.2. The highest BCUT2D eigenvalue weighted by molar-refractivity contribution is 5.72. The lowest BCUT2D eigenvalue weighted by Gasteiger charge is -2.16. The molecule has 0 amide bonds. The van der Waals surface area contributed by atoms with Crippen LogP contribution in [-0.4, -0.2) is 28.4 Å². The number of ether oxygens (including phenoxy) is 4. The van der Waals surface area contributed by atoms with Crippen molar-refractivity contribution in [2.45, 2.75) is 0 Å². The monoisotopic (exact) mass is 289 g/mol. The molecule has 0 atom stereocenters. The molecule has 2 aromatic rings. The van der Waals surface area contributed by atoms with Gasteiger partial charge >= 0.3 is 0 Å². The molecule has 0 radical (unpaired) electrons. The van der Waals surface area contributed by atoms with Crippen LogP contribution in [0.2, 0.25) is 0 Å². The first-order chi connectivity index (χ1) is 10.2. The summed E-state index contributed by atoms with van der Waals surface area (Å²) in [5, 5.41) is 3.28. The van der Waals surface area contributed by atoms with Crippen molar-refractivity contribution in [2.75, 3.05) is 33.8 Å². The van der Waals surface area contributed by atoms with Crippen LogP contribution in [0.5, 0.6) is 23.0 Å². The summed E-state index contributed by atoms with van der Waals surface area (Å²) in [5.41, 5.74) is 1.67. The Morgan fingerprint density at radius 1 is 0.714 bits per heavy atom. The Bertz CT molecular complexity index is 596. The van der Waals surface area contributed by atoms with Crippen molar-refractivity contribution in [3.05, 3.63) is 36.4 Å². The number of methoxy groups -OCH3 is 4. The smallest absolute Gasteiger partial charge is 0.184 e. The summed E-state index contributed by atoms with van der Waals surface area (Å²) in [5.74, 6) is 2.71. The van der Waals surface area contributed by atoms with Gasteiger partial charge in [-0.25, -0.2) is 0 Å². The molecule has 5 heteroatoms. The zero-order valence-electron chi connectivity index (χ0n) is 12.6. The predicted molar refractivity (Wildman–Crippen MR) is 82.4 cm³/mol. The van der Waals surface area contributed by atoms with Gasteiger partial charge in [-0.2, -0.15) is 0 Å². The maximum absolute atomic E-state index is 5.42. The molecular formula is C16H19NO4. The maximum Gasteiger partial charge on any atom is 0.184 e. The number of benzene rings is 2. The second-order valence-corrected chi connectivity index (χ2v) is 4.26. The molecule has 0 saturated carbocycles. The highest BCUT2D eigenvalue weighted by Crippen LogP contribution is 2.40. The molecule has 0 aromatic heterocycles. The van der Waals surface area contributed by atoms with Crippen LogP contribution in [0, 0.1) is 0 Å². The quantitative estimate of drug-likeness (QED) is 0.882. The van der Waals surface area contributed by atoms with Crippen LogP contribution < -0.4 is 24.3 Å². The molecule has 0 aliphatic heterocycles. The van der Waals surface area contributed by atoms with E-state index in [1.165, 1.54) is 0 Å². The van der Waals surface area contributed by atoms with E-state index >= 15 is 0 Å². The molecule has 0 unspecified atom stereocenters. The average molecular weight is 289 g/mol. The number of hydrogen-bond donors (Lipinski definition) is 1. The number of anilines is 2. The fourth-order valence-corrected chi connectivity index (χ4v) is 1.98. The van der Waals surface area contributed by atoms with Gasteiger partial charge in [0, 0.05) is 17.8 Å². The topological polar surface area (TPSA) is 49.0 Å². The van der Waals surface area contributed by atoms with Crippen molar-refractivity contribution >= 4 is 11.4 Å². The van der Waals surface area contributed by atoms with Crippen molar-refractivity contribution in [2.24, 2.45) is 0 Å². The Labute approximate surface area is 124 Å². The number of hydrogen-bond acceptors (Lipinski definition) is 5. The Kier molecular flexibility index (Phi) is 4.77. The Balaban J connectivity index is 2.36. The van der Waals surface area contributed by atoms with Gasteiger partial charge in [-0.05, 0) is 24.3 Å². The van der Waals surface area contributed by atoms with Gasteiger partial charge in [0.05, 0.1) is 34.1 Å². The normalized spacial score (nSPS) is 9.90. The lowest BCUT2D eigenvalue weighted by Crippen LogP contribution is -1.99. The van der Waals surface area contributed by atoms with Gasteiger partial charge in [-0.15, -0.1) is 0 Å². The van der Waals surface area contributed by atoms with Crippen molar-refractivity contribution in [3.8, 4) is 23.0 Å². The van der Waals surface area contributed by atoms with E-state index in [0.29, 0.717) is 17.2 Å². The van der Waals surface area contributed by atoms with E-state index in [1.807, 2.05) is 30.3 Å². The molecule has 5 nitrogen and oxygen atoms in total. The van der Waals surface area contributed by atoms with Gasteiger partial charge in [0.15, 0.2) is 11.5 Å². The summed E-state index contributed by atoms with van der Waals surface area (Å²) in [4.78, 5) is 0. The summed E-state index contributed by atoms with van der Waals surface area (Å²) in [7, 11) is 6.44. The Hall–Kier alpha value is -2.56. The van der Waals surface area contributed by atoms with Crippen LogP contribution >= 0.6 is 0 Å². The zero-order valence-corrected chi connectivity index (χ0v) is 12.6. The Morgan fingerprint density at radius 2 is 1.38 bits per heavy atom. The van der Waals surface area contributed by atoms with Crippen LogP contribution in [-0.2, 0) is 0 Å². The fourth-order valence-electron chi connectivity index (χ4n) is 1.98. The molecule has 21 heavy (non-hydrogen) atoms. The summed E-state index contributed by atoms with van der Waals surface area (Å²) >= 11 is 0. The summed E-state index contributed by atoms with van der Waals surface area (Å²) in [6, 6.07) is 11.2. The molecule has 0 spiro atoms. The van der Waals surface area contributed by atoms with Crippen LogP contribution in [0.4, 0.5) is 11.4 Å². The van der Waals surface area contributed by atoms with E-state index in [-0.39, 0.29) is 0 Å². The van der Waals surface area contributed by atoms with Gasteiger partial charge < -0.3 is 24.3 Å². The highest BCUT2D eigenvalue weighted by Gasteiger charge is 2.13. The van der Waals surface area contributed by atoms with Crippen molar-refractivity contribution < 1.29 is 18.9 Å². The minimum absolute atomic E-state index is 0.605. The van der Waals surface area contributed by atoms with E-state index in [4.69, 9.17) is 18.9 Å². The lowest BCUT2D eigenvalue weighted by molar-refractivity contribution is 0.350. The molecule has 2 aromatic carbocycles. The minimum Gasteiger partial charge on any atom is -0.497 e. The molecule has 0 saturated heterocycles. The third-order valence-corrected chi connectivity index (χ3v) is 3.06. The summed E-state index contributed by atoms with van der Waals surface area (Å²) in [6.07, 6.45) is 0. The molecule has 0 aliphatic carbocycles. The predicted octanol–water partition coefficient (Wildman–Crippen LogP) is 3.46. The molecule has 112 valence electrons. The Morgan fingerprint density at radius 3 is 1.90 bits per heavy atom. The largest absolute Gasteiger partial charge is 0.497 e. The first-order valence-corrected chi connectivity index (χ1v) is 6.43. The molecule has 2 rings (SSSR count). The molecule has 0 aliphatic rings. The number of nitrogens with one attached hydrogen (secondary N) is 1. The van der Waals surface area contributed by atoms with Gasteiger partial charge in [0.25, 0.3) is 0 Å². The van der Waals surface area contributed by atoms with E-state index in [2.05, 4.69) is 5.32 Å².